The number of phenols is 1. The zero-order chi connectivity index (χ0) is 96.9. The van der Waals surface area contributed by atoms with Crippen LogP contribution in [0.25, 0.3) is 21.0 Å². The highest BCUT2D eigenvalue weighted by atomic mass is 32.2. The largest absolute Gasteiger partial charge is 0.508 e. The lowest BCUT2D eigenvalue weighted by Crippen LogP contribution is -2.62. The number of carbonyl (C=O) groups excluding carboxylic acids is 18. The number of aromatic amines is 1. The molecule has 3 aliphatic heterocycles. The van der Waals surface area contributed by atoms with E-state index in [1.54, 1.807) is 54.0 Å². The second-order valence-corrected chi connectivity index (χ2v) is 34.8. The number of H-pyrrole nitrogens is 1. The number of phenolic OH excluding ortho intramolecular Hbond substituents is 1. The maximum Gasteiger partial charge on any atom is 0.246 e. The van der Waals surface area contributed by atoms with Gasteiger partial charge in [-0.15, -0.1) is 23.1 Å². The summed E-state index contributed by atoms with van der Waals surface area (Å²) in [7, 11) is 3.85. The van der Waals surface area contributed by atoms with E-state index in [4.69, 9.17) is 34.1 Å². The molecule has 3 aromatic carbocycles. The average Bonchev–Trinajstić information content (AvgIpc) is 1.60. The third-order valence-electron chi connectivity index (χ3n) is 23.2. The molecule has 26 N–H and O–H groups in total. The van der Waals surface area contributed by atoms with E-state index in [9.17, 15) is 72.9 Å². The normalized spacial score (nSPS) is 25.0. The zero-order valence-corrected chi connectivity index (χ0v) is 76.0. The number of hydrogen-bond acceptors (Lipinski definition) is 25. The number of thiophene rings is 1. The zero-order valence-electron chi connectivity index (χ0n) is 74.3. The van der Waals surface area contributed by atoms with Crippen molar-refractivity contribution in [3.05, 3.63) is 101 Å². The van der Waals surface area contributed by atoms with E-state index < -0.39 is 260 Å². The number of guanidine groups is 1. The Morgan fingerprint density at radius 2 is 1.08 bits per heavy atom. The molecule has 0 spiro atoms. The van der Waals surface area contributed by atoms with Gasteiger partial charge in [-0.3, -0.25) is 91.7 Å². The molecule has 2 aromatic heterocycles. The fraction of sp³-hybridized carbons (Fsp3) is 0.523. The van der Waals surface area contributed by atoms with Crippen molar-refractivity contribution in [2.24, 2.45) is 28.7 Å². The molecule has 718 valence electrons. The van der Waals surface area contributed by atoms with Crippen LogP contribution in [0.1, 0.15) is 121 Å². The highest BCUT2D eigenvalue weighted by Crippen LogP contribution is 2.30. The molecule has 46 heteroatoms. The molecule has 5 aromatic rings. The van der Waals surface area contributed by atoms with Crippen molar-refractivity contribution in [2.45, 2.75) is 214 Å². The van der Waals surface area contributed by atoms with Crippen molar-refractivity contribution in [3.63, 3.8) is 0 Å². The minimum absolute atomic E-state index is 0.0217. The van der Waals surface area contributed by atoms with E-state index >= 15 is 28.8 Å². The number of carbonyl (C=O) groups is 18. The Labute approximate surface area is 769 Å². The van der Waals surface area contributed by atoms with Crippen LogP contribution in [0.5, 0.6) is 5.75 Å². The van der Waals surface area contributed by atoms with Crippen molar-refractivity contribution in [1.82, 2.24) is 88.0 Å². The summed E-state index contributed by atoms with van der Waals surface area (Å²) in [5.41, 5.74) is 30.4. The lowest BCUT2D eigenvalue weighted by Gasteiger charge is -2.36. The smallest absolute Gasteiger partial charge is 0.246 e. The first-order chi connectivity index (χ1) is 62.8. The molecular weight excluding hydrogens is 1760 g/mol. The summed E-state index contributed by atoms with van der Waals surface area (Å²) in [6.45, 7) is 1.51. The number of para-hydroxylation sites is 1. The molecule has 18 amide bonds. The van der Waals surface area contributed by atoms with E-state index in [0.29, 0.717) is 58.7 Å². The summed E-state index contributed by atoms with van der Waals surface area (Å²) < 4.78 is 0.793. The van der Waals surface area contributed by atoms with Crippen molar-refractivity contribution in [1.29, 1.82) is 5.41 Å². The molecule has 3 saturated heterocycles. The first kappa shape index (κ1) is 104. The minimum atomic E-state index is -1.95. The predicted molar refractivity (Wildman–Crippen MR) is 484 cm³/mol. The molecule has 8 rings (SSSR count). The van der Waals surface area contributed by atoms with Crippen LogP contribution in [-0.2, 0) is 106 Å². The van der Waals surface area contributed by atoms with Crippen LogP contribution in [0.3, 0.4) is 0 Å². The Kier molecular flexibility index (Phi) is 39.3. The Bertz CT molecular complexity index is 5020. The summed E-state index contributed by atoms with van der Waals surface area (Å²) in [5.74, 6) is -20.0. The second kappa shape index (κ2) is 49.8. The summed E-state index contributed by atoms with van der Waals surface area (Å²) in [5, 5.41) is 71.5. The molecule has 0 unspecified atom stereocenters. The number of primary amides is 3. The van der Waals surface area contributed by atoms with Crippen LogP contribution in [0.4, 0.5) is 0 Å². The predicted octanol–water partition coefficient (Wildman–Crippen LogP) is -5.37. The molecule has 132 heavy (non-hydrogen) atoms. The number of nitrogens with zero attached hydrogens (tertiary/aromatic N) is 5. The van der Waals surface area contributed by atoms with Gasteiger partial charge >= 0.3 is 0 Å². The summed E-state index contributed by atoms with van der Waals surface area (Å²) in [6.07, 6.45) is -1.76. The number of aliphatic hydroxyl groups is 2. The number of nitrogens with one attached hydrogen (secondary N) is 13. The molecular formula is C86H121N23O21S2. The van der Waals surface area contributed by atoms with Gasteiger partial charge in [-0.1, -0.05) is 88.1 Å². The van der Waals surface area contributed by atoms with Crippen molar-refractivity contribution in [2.75, 3.05) is 72.0 Å². The summed E-state index contributed by atoms with van der Waals surface area (Å²) in [6, 6.07) is -3.44. The lowest BCUT2D eigenvalue weighted by molar-refractivity contribution is -0.149. The number of aromatic hydroxyl groups is 1. The minimum Gasteiger partial charge on any atom is -0.508 e. The van der Waals surface area contributed by atoms with E-state index in [2.05, 4.69) is 63.5 Å². The van der Waals surface area contributed by atoms with Crippen molar-refractivity contribution < 1.29 is 102 Å². The van der Waals surface area contributed by atoms with Gasteiger partial charge < -0.3 is 132 Å². The van der Waals surface area contributed by atoms with Crippen LogP contribution in [0, 0.1) is 5.41 Å². The maximum absolute atomic E-state index is 15.7. The molecule has 44 nitrogen and oxygen atoms in total. The van der Waals surface area contributed by atoms with Gasteiger partial charge in [0.2, 0.25) is 106 Å². The number of hydrogen-bond donors (Lipinski definition) is 21. The van der Waals surface area contributed by atoms with Gasteiger partial charge in [-0.05, 0) is 97.2 Å². The molecule has 3 aliphatic rings. The van der Waals surface area contributed by atoms with Gasteiger partial charge in [-0.2, -0.15) is 0 Å². The summed E-state index contributed by atoms with van der Waals surface area (Å²) >= 11 is 2.08. The third-order valence-corrected chi connectivity index (χ3v) is 25.2. The second-order valence-electron chi connectivity index (χ2n) is 32.9. The van der Waals surface area contributed by atoms with Crippen LogP contribution < -0.4 is 87.2 Å². The molecule has 15 atom stereocenters. The number of aromatic nitrogens is 1. The SMILES string of the molecule is CCCC[C@H]1C(=O)N(C)[C@@H](CCCC)C(=O)N[C@@H](CCCNC(=N)N)C(=O)N[C@H](C(=O)NCC(N)=O)CSCC(=O)N[C@@H](Cc2ccc(O)cc2)C(=O)N(C)[C@@H](C)C(=O)N[C@@H](CC(N)=O)C(=O)N2CCC[C@H]2C(=O)N[C@@H](CN)C(=O)N[C@@H](CC(N)=O)C(=O)N2C[C@H](O)C[C@H]2C(=O)N[C@@H](Cc2c[nH]c3ccccc23)C(=O)N[C@@H](CO)C(=O)N[C@@H](Cc2csc3ccccc23)C(=O)N1C. The highest BCUT2D eigenvalue weighted by molar-refractivity contribution is 8.00. The van der Waals surface area contributed by atoms with Gasteiger partial charge in [0.15, 0.2) is 5.96 Å². The van der Waals surface area contributed by atoms with Crippen LogP contribution in [0.15, 0.2) is 84.4 Å². The quantitative estimate of drug-likeness (QED) is 0.0147. The number of nitrogens with two attached hydrogens (primary N) is 5. The van der Waals surface area contributed by atoms with Crippen molar-refractivity contribution in [3.8, 4) is 5.75 Å². The number of amides is 18. The lowest BCUT2D eigenvalue weighted by atomic mass is 10.00. The van der Waals surface area contributed by atoms with Crippen LogP contribution >= 0.6 is 23.1 Å². The average molecular weight is 1880 g/mol. The van der Waals surface area contributed by atoms with Gasteiger partial charge in [0.25, 0.3) is 0 Å². The summed E-state index contributed by atoms with van der Waals surface area (Å²) in [4.78, 5) is 269. The fourth-order valence-corrected chi connectivity index (χ4v) is 17.6. The number of aliphatic hydroxyl groups excluding tert-OH is 2. The maximum atomic E-state index is 15.7. The number of benzene rings is 3. The molecule has 0 saturated carbocycles. The Morgan fingerprint density at radius 1 is 0.538 bits per heavy atom. The van der Waals surface area contributed by atoms with E-state index in [0.717, 1.165) is 41.0 Å². The standard InChI is InChI=1S/C86H121N23O21S2/c1-7-9-21-63-78(123)97-54(20-15-29-93-86(91)92)74(119)104-62(73(118)95-39-70(90)115)43-131-44-71(116)96-56(31-46-25-27-49(111)28-26-46)81(126)105(4)45(3)72(117)99-58(35-68(88)113)83(128)108-30-16-23-64(108)79(124)102-60(37-87)76(121)101-59(36-69(89)114)84(129)109-40-50(112)34-66(109)80(125)98-55(32-47-38-94-53-19-13-11-17-51(47)53)75(120)103-61(41-110)77(122)100-57(33-48-42-132-67-24-14-12-18-52(48)67)82(127)107(6)65(22-10-8-2)85(130)106(63)5/h11-14,17-19,24-28,38,42,45,50,54-66,94,110-112H,7-10,15-16,20-23,29-37,39-41,43-44,87H2,1-6H3,(H2,88,113)(H2,89,114)(H2,90,115)(H,95,118)(H,96,116)(H,97,123)(H,98,125)(H,99,117)(H,100,122)(H,101,121)(H,102,124)(H,103,120)(H,104,119)(H4,91,92,93)/t45-,50+,54-,55-,56-,57-,58-,59-,60-,61-,62-,63-,64-,65-,66-/m0/s1. The first-order valence-electron chi connectivity index (χ1n) is 43.5. The highest BCUT2D eigenvalue weighted by Gasteiger charge is 2.47. The van der Waals surface area contributed by atoms with E-state index in [-0.39, 0.29) is 76.6 Å². The molecule has 0 radical (unpaired) electrons. The van der Waals surface area contributed by atoms with Gasteiger partial charge in [0, 0.05) is 101 Å². The number of fused-ring (bicyclic) bond motifs is 4. The molecule has 0 aliphatic carbocycles. The molecule has 0 bridgehead atoms. The number of thioether (sulfide) groups is 1. The van der Waals surface area contributed by atoms with Crippen LogP contribution in [-0.4, -0.2) is 320 Å². The van der Waals surface area contributed by atoms with Crippen molar-refractivity contribution >= 4 is 156 Å². The monoisotopic (exact) mass is 1880 g/mol. The van der Waals surface area contributed by atoms with Gasteiger partial charge in [0.1, 0.15) is 90.3 Å². The third kappa shape index (κ3) is 29.0. The van der Waals surface area contributed by atoms with Gasteiger partial charge in [0.05, 0.1) is 37.9 Å². The molecule has 3 fully saturated rings. The first-order valence-corrected chi connectivity index (χ1v) is 45.5. The number of rotatable bonds is 25. The van der Waals surface area contributed by atoms with E-state index in [1.807, 2.05) is 19.9 Å². The Hall–Kier alpha value is -13.1. The Morgan fingerprint density at radius 3 is 1.73 bits per heavy atom. The number of unbranched alkanes of at least 4 members (excludes halogenated alkanes) is 2. The topological polar surface area (TPSA) is 686 Å². The van der Waals surface area contributed by atoms with E-state index in [1.165, 1.54) is 63.7 Å². The Balaban J connectivity index is 1.19. The van der Waals surface area contributed by atoms with Gasteiger partial charge in [-0.25, -0.2) is 0 Å². The number of likely N-dealkylation sites (N-methyl/N-ethyl adjacent to an activating group) is 3. The van der Waals surface area contributed by atoms with Crippen LogP contribution in [0.2, 0.25) is 0 Å². The molecule has 5 heterocycles. The fourth-order valence-electron chi connectivity index (χ4n) is 15.8.